The first-order chi connectivity index (χ1) is 9.38. The Balaban J connectivity index is 1.49. The van der Waals surface area contributed by atoms with Crippen LogP contribution in [-0.2, 0) is 14.2 Å². The second-order valence-electron chi connectivity index (χ2n) is 5.21. The highest BCUT2D eigenvalue weighted by atomic mass is 16.7. The van der Waals surface area contributed by atoms with Crippen LogP contribution in [0.4, 0.5) is 0 Å². The van der Waals surface area contributed by atoms with E-state index in [4.69, 9.17) is 19.3 Å². The lowest BCUT2D eigenvalue weighted by Crippen LogP contribution is -2.25. The fraction of sp³-hybridized carbons (Fsp3) is 0.929. The Labute approximate surface area is 115 Å². The van der Waals surface area contributed by atoms with E-state index < -0.39 is 0 Å². The Morgan fingerprint density at radius 2 is 2.21 bits per heavy atom. The number of ether oxygens (including phenoxy) is 3. The molecule has 0 radical (unpaired) electrons. The molecular weight excluding hydrogens is 246 g/mol. The van der Waals surface area contributed by atoms with E-state index in [1.54, 1.807) is 0 Å². The van der Waals surface area contributed by atoms with E-state index >= 15 is 0 Å². The monoisotopic (exact) mass is 271 g/mol. The third-order valence-electron chi connectivity index (χ3n) is 3.61. The summed E-state index contributed by atoms with van der Waals surface area (Å²) < 4.78 is 16.6. The van der Waals surface area contributed by atoms with Crippen LogP contribution in [0.5, 0.6) is 0 Å². The van der Waals surface area contributed by atoms with E-state index in [1.807, 2.05) is 0 Å². The van der Waals surface area contributed by atoms with E-state index in [0.717, 1.165) is 44.5 Å². The van der Waals surface area contributed by atoms with Crippen molar-refractivity contribution in [2.24, 2.45) is 10.9 Å². The molecule has 0 aliphatic carbocycles. The number of rotatable bonds is 7. The Morgan fingerprint density at radius 3 is 2.89 bits per heavy atom. The number of nitrogens with zero attached hydrogens (tertiary/aromatic N) is 1. The van der Waals surface area contributed by atoms with Gasteiger partial charge in [0.25, 0.3) is 0 Å². The topological polar surface area (TPSA) is 60.3 Å². The Bertz CT molecular complexity index is 277. The third-order valence-corrected chi connectivity index (χ3v) is 3.61. The summed E-state index contributed by atoms with van der Waals surface area (Å²) in [5.74, 6) is 0.343. The first-order valence-corrected chi connectivity index (χ1v) is 7.32. The van der Waals surface area contributed by atoms with Crippen LogP contribution >= 0.6 is 0 Å². The zero-order valence-electron chi connectivity index (χ0n) is 11.6. The molecule has 1 fully saturated rings. The highest BCUT2D eigenvalue weighted by Gasteiger charge is 2.15. The number of aliphatic imine (C=N–C) groups is 1. The number of hydrogen-bond donors (Lipinski definition) is 1. The predicted molar refractivity (Wildman–Crippen MR) is 72.5 cm³/mol. The van der Waals surface area contributed by atoms with Crippen molar-refractivity contribution in [3.05, 3.63) is 0 Å². The molecule has 5 nitrogen and oxygen atoms in total. The van der Waals surface area contributed by atoms with Crippen LogP contribution in [0, 0.1) is 5.92 Å². The van der Waals surface area contributed by atoms with Gasteiger partial charge in [-0.05, 0) is 32.1 Å². The number of hydrogen-bond acceptors (Lipinski definition) is 5. The third kappa shape index (κ3) is 5.57. The highest BCUT2D eigenvalue weighted by Crippen LogP contribution is 2.14. The van der Waals surface area contributed by atoms with Crippen LogP contribution in [0.2, 0.25) is 0 Å². The molecule has 2 atom stereocenters. The van der Waals surface area contributed by atoms with Crippen molar-refractivity contribution >= 4 is 5.71 Å². The lowest BCUT2D eigenvalue weighted by atomic mass is 9.99. The molecule has 2 rings (SSSR count). The molecule has 0 amide bonds. The molecule has 19 heavy (non-hydrogen) atoms. The largest absolute Gasteiger partial charge is 0.396 e. The molecule has 0 aromatic heterocycles. The molecule has 0 bridgehead atoms. The van der Waals surface area contributed by atoms with Gasteiger partial charge in [-0.2, -0.15) is 0 Å². The van der Waals surface area contributed by atoms with Gasteiger partial charge < -0.3 is 19.3 Å². The molecular formula is C14H25NO4. The van der Waals surface area contributed by atoms with Gasteiger partial charge in [-0.3, -0.25) is 4.99 Å². The predicted octanol–water partition coefficient (Wildman–Crippen LogP) is 1.39. The minimum Gasteiger partial charge on any atom is -0.396 e. The van der Waals surface area contributed by atoms with Crippen LogP contribution in [0.15, 0.2) is 4.99 Å². The molecule has 0 spiro atoms. The van der Waals surface area contributed by atoms with Gasteiger partial charge in [0.1, 0.15) is 0 Å². The zero-order chi connectivity index (χ0) is 13.3. The molecule has 0 aromatic rings. The summed E-state index contributed by atoms with van der Waals surface area (Å²) in [7, 11) is 0. The summed E-state index contributed by atoms with van der Waals surface area (Å²) in [5.41, 5.74) is 1.11. The van der Waals surface area contributed by atoms with Gasteiger partial charge in [-0.1, -0.05) is 0 Å². The normalized spacial score (nSPS) is 28.2. The second-order valence-corrected chi connectivity index (χ2v) is 5.21. The standard InChI is InChI=1S/C14H25NO4/c16-10-12-4-5-13(15-9-12)11-17-7-8-19-14-3-1-2-6-18-14/h12,14,16H,1-11H2. The van der Waals surface area contributed by atoms with Gasteiger partial charge in [0, 0.05) is 31.4 Å². The van der Waals surface area contributed by atoms with Crippen LogP contribution < -0.4 is 0 Å². The quantitative estimate of drug-likeness (QED) is 0.711. The Kier molecular flexibility index (Phi) is 6.78. The smallest absolute Gasteiger partial charge is 0.157 e. The van der Waals surface area contributed by atoms with Gasteiger partial charge in [0.15, 0.2) is 6.29 Å². The van der Waals surface area contributed by atoms with Crippen LogP contribution in [0.25, 0.3) is 0 Å². The average Bonchev–Trinajstić information content (AvgIpc) is 2.49. The molecule has 2 aliphatic heterocycles. The van der Waals surface area contributed by atoms with Crippen molar-refractivity contribution in [2.45, 2.75) is 38.4 Å². The lowest BCUT2D eigenvalue weighted by Gasteiger charge is -2.22. The first kappa shape index (κ1) is 14.9. The van der Waals surface area contributed by atoms with E-state index in [1.165, 1.54) is 6.42 Å². The Hall–Kier alpha value is -0.490. The number of aliphatic hydroxyl groups is 1. The Morgan fingerprint density at radius 1 is 1.26 bits per heavy atom. The van der Waals surface area contributed by atoms with Crippen molar-refractivity contribution in [3.8, 4) is 0 Å². The molecule has 0 aromatic carbocycles. The van der Waals surface area contributed by atoms with Gasteiger partial charge in [0.05, 0.1) is 19.8 Å². The van der Waals surface area contributed by atoms with Crippen molar-refractivity contribution in [1.29, 1.82) is 0 Å². The second kappa shape index (κ2) is 8.64. The fourth-order valence-corrected chi connectivity index (χ4v) is 2.34. The first-order valence-electron chi connectivity index (χ1n) is 7.32. The van der Waals surface area contributed by atoms with Crippen molar-refractivity contribution in [3.63, 3.8) is 0 Å². The summed E-state index contributed by atoms with van der Waals surface area (Å²) in [5, 5.41) is 9.02. The summed E-state index contributed by atoms with van der Waals surface area (Å²) in [4.78, 5) is 4.44. The van der Waals surface area contributed by atoms with Gasteiger partial charge >= 0.3 is 0 Å². The van der Waals surface area contributed by atoms with Crippen molar-refractivity contribution < 1.29 is 19.3 Å². The summed E-state index contributed by atoms with van der Waals surface area (Å²) >= 11 is 0. The maximum atomic E-state index is 9.02. The minimum atomic E-state index is -0.0327. The van der Waals surface area contributed by atoms with Gasteiger partial charge in [-0.25, -0.2) is 0 Å². The van der Waals surface area contributed by atoms with E-state index in [0.29, 0.717) is 25.7 Å². The maximum Gasteiger partial charge on any atom is 0.157 e. The molecule has 5 heteroatoms. The summed E-state index contributed by atoms with van der Waals surface area (Å²) in [6.45, 7) is 3.55. The molecule has 2 aliphatic rings. The molecule has 1 saturated heterocycles. The van der Waals surface area contributed by atoms with Crippen LogP contribution in [0.3, 0.4) is 0 Å². The summed E-state index contributed by atoms with van der Waals surface area (Å²) in [6, 6.07) is 0. The van der Waals surface area contributed by atoms with Gasteiger partial charge in [0.2, 0.25) is 0 Å². The average molecular weight is 271 g/mol. The summed E-state index contributed by atoms with van der Waals surface area (Å²) in [6.07, 6.45) is 5.26. The van der Waals surface area contributed by atoms with Crippen LogP contribution in [0.1, 0.15) is 32.1 Å². The van der Waals surface area contributed by atoms with Crippen molar-refractivity contribution in [2.75, 3.05) is 39.6 Å². The molecule has 0 saturated carbocycles. The van der Waals surface area contributed by atoms with Crippen LogP contribution in [-0.4, -0.2) is 56.7 Å². The molecule has 2 unspecified atom stereocenters. The molecule has 1 N–H and O–H groups in total. The van der Waals surface area contributed by atoms with E-state index in [-0.39, 0.29) is 12.9 Å². The van der Waals surface area contributed by atoms with Gasteiger partial charge in [-0.15, -0.1) is 0 Å². The maximum absolute atomic E-state index is 9.02. The van der Waals surface area contributed by atoms with E-state index in [9.17, 15) is 0 Å². The van der Waals surface area contributed by atoms with Crippen molar-refractivity contribution in [1.82, 2.24) is 0 Å². The lowest BCUT2D eigenvalue weighted by molar-refractivity contribution is -0.168. The minimum absolute atomic E-state index is 0.0327. The zero-order valence-corrected chi connectivity index (χ0v) is 11.6. The number of aliphatic hydroxyl groups excluding tert-OH is 1. The fourth-order valence-electron chi connectivity index (χ4n) is 2.34. The molecule has 2 heterocycles. The SMILES string of the molecule is OCC1CCC(COCCOC2CCCCO2)=NC1. The van der Waals surface area contributed by atoms with E-state index in [2.05, 4.69) is 4.99 Å². The highest BCUT2D eigenvalue weighted by molar-refractivity contribution is 5.86. The molecule has 110 valence electrons.